The van der Waals surface area contributed by atoms with Crippen LogP contribution in [0, 0.1) is 25.2 Å². The summed E-state index contributed by atoms with van der Waals surface area (Å²) < 4.78 is 5.03. The summed E-state index contributed by atoms with van der Waals surface area (Å²) in [6.07, 6.45) is 0.321. The van der Waals surface area contributed by atoms with Crippen LogP contribution in [0.5, 0.6) is 0 Å². The molecular formula is C19H18N2O3. The van der Waals surface area contributed by atoms with Gasteiger partial charge in [0.1, 0.15) is 0 Å². The molecule has 0 heterocycles. The summed E-state index contributed by atoms with van der Waals surface area (Å²) in [5.41, 5.74) is 3.96. The van der Waals surface area contributed by atoms with Gasteiger partial charge in [-0.25, -0.2) is 4.79 Å². The van der Waals surface area contributed by atoms with Gasteiger partial charge < -0.3 is 10.1 Å². The van der Waals surface area contributed by atoms with Crippen LogP contribution in [0.15, 0.2) is 42.5 Å². The van der Waals surface area contributed by atoms with E-state index in [1.807, 2.05) is 19.9 Å². The van der Waals surface area contributed by atoms with Crippen LogP contribution in [0.4, 0.5) is 5.69 Å². The Labute approximate surface area is 140 Å². The summed E-state index contributed by atoms with van der Waals surface area (Å²) in [6.45, 7) is 3.51. The number of benzene rings is 2. The second-order valence-corrected chi connectivity index (χ2v) is 5.46. The highest BCUT2D eigenvalue weighted by molar-refractivity contribution is 5.95. The van der Waals surface area contributed by atoms with Gasteiger partial charge in [0.25, 0.3) is 5.91 Å². The van der Waals surface area contributed by atoms with Gasteiger partial charge in [-0.15, -0.1) is 0 Å². The maximum atomic E-state index is 11.9. The normalized spacial score (nSPS) is 9.88. The summed E-state index contributed by atoms with van der Waals surface area (Å²) in [5, 5.41) is 11.3. The highest BCUT2D eigenvalue weighted by Crippen LogP contribution is 2.12. The molecule has 0 unspecified atom stereocenters. The zero-order valence-electron chi connectivity index (χ0n) is 13.6. The van der Waals surface area contributed by atoms with Crippen molar-refractivity contribution in [3.05, 3.63) is 64.7 Å². The molecule has 2 rings (SSSR count). The Morgan fingerprint density at radius 1 is 1.08 bits per heavy atom. The summed E-state index contributed by atoms with van der Waals surface area (Å²) in [5.74, 6) is -0.946. The van der Waals surface area contributed by atoms with Gasteiger partial charge in [0, 0.05) is 5.69 Å². The molecule has 24 heavy (non-hydrogen) atoms. The van der Waals surface area contributed by atoms with E-state index in [-0.39, 0.29) is 6.61 Å². The molecule has 0 radical (unpaired) electrons. The molecule has 1 N–H and O–H groups in total. The van der Waals surface area contributed by atoms with E-state index in [2.05, 4.69) is 11.4 Å². The quantitative estimate of drug-likeness (QED) is 0.858. The van der Waals surface area contributed by atoms with Gasteiger partial charge in [0.05, 0.1) is 18.1 Å². The Morgan fingerprint density at radius 2 is 1.79 bits per heavy atom. The van der Waals surface area contributed by atoms with E-state index in [4.69, 9.17) is 10.00 Å². The fourth-order valence-corrected chi connectivity index (χ4v) is 2.08. The predicted octanol–water partition coefficient (Wildman–Crippen LogP) is 3.17. The van der Waals surface area contributed by atoms with Crippen LogP contribution in [-0.2, 0) is 16.0 Å². The van der Waals surface area contributed by atoms with E-state index >= 15 is 0 Å². The number of aryl methyl sites for hydroxylation is 2. The van der Waals surface area contributed by atoms with Crippen molar-refractivity contribution in [3.8, 4) is 6.07 Å². The third-order valence-electron chi connectivity index (χ3n) is 3.60. The lowest BCUT2D eigenvalue weighted by Gasteiger charge is -2.08. The van der Waals surface area contributed by atoms with Crippen molar-refractivity contribution in [2.75, 3.05) is 11.9 Å². The third-order valence-corrected chi connectivity index (χ3v) is 3.60. The summed E-state index contributed by atoms with van der Waals surface area (Å²) in [4.78, 5) is 23.8. The Hall–Kier alpha value is -3.13. The molecule has 0 atom stereocenters. The molecule has 5 nitrogen and oxygen atoms in total. The molecule has 0 spiro atoms. The highest BCUT2D eigenvalue weighted by Gasteiger charge is 2.11. The van der Waals surface area contributed by atoms with Gasteiger partial charge in [0.2, 0.25) is 0 Å². The second kappa shape index (κ2) is 7.93. The maximum absolute atomic E-state index is 11.9. The minimum absolute atomic E-state index is 0.321. The first-order valence-corrected chi connectivity index (χ1v) is 7.49. The summed E-state index contributed by atoms with van der Waals surface area (Å²) in [6, 6.07) is 14.2. The zero-order chi connectivity index (χ0) is 17.5. The lowest BCUT2D eigenvalue weighted by atomic mass is 10.1. The fraction of sp³-hybridized carbons (Fsp3) is 0.211. The number of carbonyl (C=O) groups is 2. The molecule has 0 aromatic heterocycles. The number of nitrogens with zero attached hydrogens (tertiary/aromatic N) is 1. The first-order valence-electron chi connectivity index (χ1n) is 7.49. The van der Waals surface area contributed by atoms with Crippen LogP contribution in [0.3, 0.4) is 0 Å². The second-order valence-electron chi connectivity index (χ2n) is 5.46. The molecule has 5 heteroatoms. The smallest absolute Gasteiger partial charge is 0.338 e. The lowest BCUT2D eigenvalue weighted by molar-refractivity contribution is -0.119. The Kier molecular flexibility index (Phi) is 5.69. The van der Waals surface area contributed by atoms with Crippen molar-refractivity contribution in [1.82, 2.24) is 0 Å². The molecule has 0 fully saturated rings. The van der Waals surface area contributed by atoms with Gasteiger partial charge in [-0.3, -0.25) is 4.79 Å². The van der Waals surface area contributed by atoms with Gasteiger partial charge in [0.15, 0.2) is 6.61 Å². The van der Waals surface area contributed by atoms with Crippen LogP contribution in [0.2, 0.25) is 0 Å². The molecule has 0 saturated carbocycles. The average Bonchev–Trinajstić information content (AvgIpc) is 2.57. The number of hydrogen-bond donors (Lipinski definition) is 1. The molecule has 2 aromatic rings. The Morgan fingerprint density at radius 3 is 2.42 bits per heavy atom. The molecule has 0 aliphatic heterocycles. The highest BCUT2D eigenvalue weighted by atomic mass is 16.5. The van der Waals surface area contributed by atoms with Crippen LogP contribution < -0.4 is 5.32 Å². The number of nitriles is 1. The minimum atomic E-state index is -0.530. The van der Waals surface area contributed by atoms with E-state index in [0.29, 0.717) is 17.7 Å². The van der Waals surface area contributed by atoms with Gasteiger partial charge in [-0.2, -0.15) is 5.26 Å². The van der Waals surface area contributed by atoms with E-state index in [1.54, 1.807) is 36.4 Å². The molecule has 0 aliphatic rings. The molecular weight excluding hydrogens is 304 g/mol. The summed E-state index contributed by atoms with van der Waals surface area (Å²) >= 11 is 0. The van der Waals surface area contributed by atoms with E-state index in [0.717, 1.165) is 16.7 Å². The van der Waals surface area contributed by atoms with E-state index in [9.17, 15) is 9.59 Å². The molecule has 0 saturated heterocycles. The number of nitrogens with one attached hydrogen (secondary N) is 1. The van der Waals surface area contributed by atoms with Crippen molar-refractivity contribution in [2.24, 2.45) is 0 Å². The van der Waals surface area contributed by atoms with Crippen molar-refractivity contribution in [3.63, 3.8) is 0 Å². The fourth-order valence-electron chi connectivity index (χ4n) is 2.08. The van der Waals surface area contributed by atoms with Gasteiger partial charge >= 0.3 is 5.97 Å². The van der Waals surface area contributed by atoms with Crippen LogP contribution in [0.1, 0.15) is 27.0 Å². The van der Waals surface area contributed by atoms with E-state index < -0.39 is 11.9 Å². The number of rotatable bonds is 5. The SMILES string of the molecule is Cc1ccc(C(=O)OCC(=O)Nc2ccc(CC#N)cc2)cc1C. The lowest BCUT2D eigenvalue weighted by Crippen LogP contribution is -2.21. The maximum Gasteiger partial charge on any atom is 0.338 e. The topological polar surface area (TPSA) is 79.2 Å². The Balaban J connectivity index is 1.87. The molecule has 0 aliphatic carbocycles. The van der Waals surface area contributed by atoms with Crippen molar-refractivity contribution < 1.29 is 14.3 Å². The number of ether oxygens (including phenoxy) is 1. The van der Waals surface area contributed by atoms with Crippen molar-refractivity contribution in [1.29, 1.82) is 5.26 Å². The minimum Gasteiger partial charge on any atom is -0.452 e. The van der Waals surface area contributed by atoms with Crippen LogP contribution in [-0.4, -0.2) is 18.5 Å². The van der Waals surface area contributed by atoms with Gasteiger partial charge in [-0.05, 0) is 54.8 Å². The molecule has 122 valence electrons. The third kappa shape index (κ3) is 4.68. The number of carbonyl (C=O) groups excluding carboxylic acids is 2. The predicted molar refractivity (Wildman–Crippen MR) is 90.6 cm³/mol. The van der Waals surface area contributed by atoms with Crippen LogP contribution in [0.25, 0.3) is 0 Å². The molecule has 2 aromatic carbocycles. The van der Waals surface area contributed by atoms with Gasteiger partial charge in [-0.1, -0.05) is 18.2 Å². The number of anilines is 1. The molecule has 0 bridgehead atoms. The number of hydrogen-bond acceptors (Lipinski definition) is 4. The standard InChI is InChI=1S/C19H18N2O3/c1-13-3-6-16(11-14(13)2)19(23)24-12-18(22)21-17-7-4-15(5-8-17)9-10-20/h3-8,11H,9,12H2,1-2H3,(H,21,22). The number of esters is 1. The van der Waals surface area contributed by atoms with E-state index in [1.165, 1.54) is 0 Å². The largest absolute Gasteiger partial charge is 0.452 e. The number of amides is 1. The van der Waals surface area contributed by atoms with Crippen molar-refractivity contribution in [2.45, 2.75) is 20.3 Å². The van der Waals surface area contributed by atoms with Crippen LogP contribution >= 0.6 is 0 Å². The average molecular weight is 322 g/mol. The summed E-state index contributed by atoms with van der Waals surface area (Å²) in [7, 11) is 0. The monoisotopic (exact) mass is 322 g/mol. The Bertz CT molecular complexity index is 789. The zero-order valence-corrected chi connectivity index (χ0v) is 13.6. The van der Waals surface area contributed by atoms with Crippen molar-refractivity contribution >= 4 is 17.6 Å². The first-order chi connectivity index (χ1) is 11.5. The molecule has 1 amide bonds. The first kappa shape index (κ1) is 17.2.